The van der Waals surface area contributed by atoms with Crippen molar-refractivity contribution in [3.05, 3.63) is 29.3 Å². The minimum atomic E-state index is 0.922. The van der Waals surface area contributed by atoms with Crippen LogP contribution >= 0.6 is 0 Å². The molecule has 2 rings (SSSR count). The van der Waals surface area contributed by atoms with E-state index in [2.05, 4.69) is 30.9 Å². The molecule has 0 spiro atoms. The minimum absolute atomic E-state index is 0.922. The summed E-state index contributed by atoms with van der Waals surface area (Å²) in [5.41, 5.74) is 9.53. The molecule has 0 saturated heterocycles. The molecule has 17 heavy (non-hydrogen) atoms. The van der Waals surface area contributed by atoms with Crippen LogP contribution in [0.1, 0.15) is 37.3 Å². The Kier molecular flexibility index (Phi) is 4.06. The zero-order valence-corrected chi connectivity index (χ0v) is 11.1. The van der Waals surface area contributed by atoms with E-state index in [9.17, 15) is 0 Å². The van der Waals surface area contributed by atoms with Crippen LogP contribution in [0.25, 0.3) is 0 Å². The first-order valence-electron chi connectivity index (χ1n) is 6.77. The van der Waals surface area contributed by atoms with Gasteiger partial charge in [-0.15, -0.1) is 0 Å². The highest BCUT2D eigenvalue weighted by Crippen LogP contribution is 2.30. The van der Waals surface area contributed by atoms with E-state index in [-0.39, 0.29) is 0 Å². The number of anilines is 1. The molecule has 1 aromatic carbocycles. The normalized spacial score (nSPS) is 15.5. The second-order valence-electron chi connectivity index (χ2n) is 5.31. The Bertz CT molecular complexity index is 369. The molecule has 1 saturated carbocycles. The van der Waals surface area contributed by atoms with Crippen LogP contribution in [0.3, 0.4) is 0 Å². The van der Waals surface area contributed by atoms with E-state index in [4.69, 9.17) is 5.73 Å². The zero-order chi connectivity index (χ0) is 12.3. The van der Waals surface area contributed by atoms with Gasteiger partial charge in [0.25, 0.3) is 0 Å². The van der Waals surface area contributed by atoms with E-state index in [1.54, 1.807) is 0 Å². The summed E-state index contributed by atoms with van der Waals surface area (Å²) >= 11 is 0. The zero-order valence-electron chi connectivity index (χ0n) is 11.1. The van der Waals surface area contributed by atoms with Crippen LogP contribution in [0.15, 0.2) is 18.2 Å². The molecular weight excluding hydrogens is 208 g/mol. The third-order valence-corrected chi connectivity index (χ3v) is 3.63. The van der Waals surface area contributed by atoms with Crippen LogP contribution in [0.5, 0.6) is 0 Å². The predicted molar refractivity (Wildman–Crippen MR) is 73.9 cm³/mol. The lowest BCUT2D eigenvalue weighted by molar-refractivity contribution is 0.254. The van der Waals surface area contributed by atoms with Gasteiger partial charge in [0, 0.05) is 18.8 Å². The van der Waals surface area contributed by atoms with Crippen molar-refractivity contribution in [3.63, 3.8) is 0 Å². The molecule has 0 radical (unpaired) electrons. The van der Waals surface area contributed by atoms with Gasteiger partial charge in [-0.25, -0.2) is 0 Å². The van der Waals surface area contributed by atoms with E-state index in [0.717, 1.165) is 18.2 Å². The van der Waals surface area contributed by atoms with Crippen LogP contribution in [-0.2, 0) is 6.54 Å². The molecule has 1 fully saturated rings. The Morgan fingerprint density at radius 3 is 2.76 bits per heavy atom. The average molecular weight is 232 g/mol. The summed E-state index contributed by atoms with van der Waals surface area (Å²) < 4.78 is 0. The van der Waals surface area contributed by atoms with Crippen LogP contribution in [-0.4, -0.2) is 18.0 Å². The van der Waals surface area contributed by atoms with Crippen molar-refractivity contribution in [1.82, 2.24) is 4.90 Å². The fraction of sp³-hybridized carbons (Fsp3) is 0.600. The minimum Gasteiger partial charge on any atom is -0.399 e. The van der Waals surface area contributed by atoms with Gasteiger partial charge in [-0.1, -0.05) is 19.1 Å². The molecule has 0 aliphatic heterocycles. The van der Waals surface area contributed by atoms with E-state index in [0.29, 0.717) is 0 Å². The lowest BCUT2D eigenvalue weighted by Gasteiger charge is -2.23. The fourth-order valence-corrected chi connectivity index (χ4v) is 2.33. The second kappa shape index (κ2) is 5.54. The quantitative estimate of drug-likeness (QED) is 0.763. The summed E-state index contributed by atoms with van der Waals surface area (Å²) in [6, 6.07) is 6.27. The molecule has 0 heterocycles. The van der Waals surface area contributed by atoms with Crippen LogP contribution in [0, 0.1) is 12.8 Å². The van der Waals surface area contributed by atoms with Crippen molar-refractivity contribution in [3.8, 4) is 0 Å². The van der Waals surface area contributed by atoms with E-state index in [1.165, 1.54) is 43.5 Å². The van der Waals surface area contributed by atoms with Gasteiger partial charge in [0.1, 0.15) is 0 Å². The van der Waals surface area contributed by atoms with Crippen molar-refractivity contribution in [2.45, 2.75) is 39.7 Å². The number of nitrogens with two attached hydrogens (primary N) is 1. The maximum atomic E-state index is 5.97. The smallest absolute Gasteiger partial charge is 0.0346 e. The number of hydrogen-bond acceptors (Lipinski definition) is 2. The van der Waals surface area contributed by atoms with Crippen molar-refractivity contribution in [2.24, 2.45) is 5.92 Å². The van der Waals surface area contributed by atoms with E-state index >= 15 is 0 Å². The lowest BCUT2D eigenvalue weighted by Crippen LogP contribution is -2.26. The molecule has 0 unspecified atom stereocenters. The number of nitrogens with zero attached hydrogens (tertiary/aromatic N) is 1. The monoisotopic (exact) mass is 232 g/mol. The van der Waals surface area contributed by atoms with E-state index in [1.807, 2.05) is 6.07 Å². The summed E-state index contributed by atoms with van der Waals surface area (Å²) in [4.78, 5) is 2.58. The van der Waals surface area contributed by atoms with Crippen LogP contribution < -0.4 is 5.73 Å². The Labute approximate surface area is 105 Å². The van der Waals surface area contributed by atoms with Gasteiger partial charge in [0.2, 0.25) is 0 Å². The molecule has 0 bridgehead atoms. The SMILES string of the molecule is CCCN(Cc1cccc(N)c1C)CC1CC1. The number of hydrogen-bond donors (Lipinski definition) is 1. The van der Waals surface area contributed by atoms with Crippen molar-refractivity contribution < 1.29 is 0 Å². The molecular formula is C15H24N2. The fourth-order valence-electron chi connectivity index (χ4n) is 2.33. The number of rotatable bonds is 6. The maximum absolute atomic E-state index is 5.97. The molecule has 1 aliphatic carbocycles. The molecule has 0 aromatic heterocycles. The first-order valence-corrected chi connectivity index (χ1v) is 6.77. The molecule has 0 amide bonds. The molecule has 0 atom stereocenters. The van der Waals surface area contributed by atoms with Gasteiger partial charge in [-0.3, -0.25) is 4.90 Å². The van der Waals surface area contributed by atoms with Crippen molar-refractivity contribution in [1.29, 1.82) is 0 Å². The number of benzene rings is 1. The lowest BCUT2D eigenvalue weighted by atomic mass is 10.1. The summed E-state index contributed by atoms with van der Waals surface area (Å²) in [7, 11) is 0. The van der Waals surface area contributed by atoms with Crippen molar-refractivity contribution >= 4 is 5.69 Å². The number of nitrogen functional groups attached to an aromatic ring is 1. The molecule has 2 heteroatoms. The third kappa shape index (κ3) is 3.47. The Hall–Kier alpha value is -1.02. The second-order valence-corrected chi connectivity index (χ2v) is 5.31. The Morgan fingerprint density at radius 2 is 2.12 bits per heavy atom. The summed E-state index contributed by atoms with van der Waals surface area (Å²) in [6.45, 7) is 7.91. The van der Waals surface area contributed by atoms with Crippen LogP contribution in [0.4, 0.5) is 5.69 Å². The largest absolute Gasteiger partial charge is 0.399 e. The van der Waals surface area contributed by atoms with Crippen molar-refractivity contribution in [2.75, 3.05) is 18.8 Å². The van der Waals surface area contributed by atoms with Gasteiger partial charge in [0.15, 0.2) is 0 Å². The highest BCUT2D eigenvalue weighted by atomic mass is 15.1. The standard InChI is InChI=1S/C15H24N2/c1-3-9-17(10-13-7-8-13)11-14-5-4-6-15(16)12(14)2/h4-6,13H,3,7-11,16H2,1-2H3. The van der Waals surface area contributed by atoms with Gasteiger partial charge in [-0.05, 0) is 55.8 Å². The molecule has 1 aliphatic rings. The molecule has 2 N–H and O–H groups in total. The first-order chi connectivity index (χ1) is 8.20. The Morgan fingerprint density at radius 1 is 1.35 bits per heavy atom. The highest BCUT2D eigenvalue weighted by molar-refractivity contribution is 5.49. The van der Waals surface area contributed by atoms with Gasteiger partial charge < -0.3 is 5.73 Å². The summed E-state index contributed by atoms with van der Waals surface area (Å²) in [5.74, 6) is 0.961. The molecule has 2 nitrogen and oxygen atoms in total. The van der Waals surface area contributed by atoms with E-state index < -0.39 is 0 Å². The molecule has 94 valence electrons. The predicted octanol–water partition coefficient (Wildman–Crippen LogP) is 3.20. The average Bonchev–Trinajstić information content (AvgIpc) is 3.09. The van der Waals surface area contributed by atoms with Gasteiger partial charge >= 0.3 is 0 Å². The van der Waals surface area contributed by atoms with Crippen LogP contribution in [0.2, 0.25) is 0 Å². The first kappa shape index (κ1) is 12.4. The third-order valence-electron chi connectivity index (χ3n) is 3.63. The summed E-state index contributed by atoms with van der Waals surface area (Å²) in [5, 5.41) is 0. The highest BCUT2D eigenvalue weighted by Gasteiger charge is 2.24. The topological polar surface area (TPSA) is 29.3 Å². The maximum Gasteiger partial charge on any atom is 0.0346 e. The van der Waals surface area contributed by atoms with Gasteiger partial charge in [0.05, 0.1) is 0 Å². The Balaban J connectivity index is 2.02. The van der Waals surface area contributed by atoms with Gasteiger partial charge in [-0.2, -0.15) is 0 Å². The summed E-state index contributed by atoms with van der Waals surface area (Å²) in [6.07, 6.45) is 4.08. The molecule has 1 aromatic rings.